The molecule has 2 rings (SSSR count). The molecule has 0 fully saturated rings. The Morgan fingerprint density at radius 3 is 2.30 bits per heavy atom. The van der Waals surface area contributed by atoms with Crippen molar-refractivity contribution in [2.24, 2.45) is 5.92 Å². The molecule has 2 aromatic rings. The van der Waals surface area contributed by atoms with Crippen LogP contribution in [0.3, 0.4) is 0 Å². The van der Waals surface area contributed by atoms with Crippen LogP contribution < -0.4 is 9.47 Å². The third-order valence-corrected chi connectivity index (χ3v) is 3.98. The third-order valence-electron chi connectivity index (χ3n) is 3.98. The van der Waals surface area contributed by atoms with Gasteiger partial charge in [-0.15, -0.1) is 0 Å². The van der Waals surface area contributed by atoms with E-state index < -0.39 is 0 Å². The fraction of sp³-hybridized carbons (Fsp3) is 0.450. The lowest BCUT2D eigenvalue weighted by atomic mass is 10.1. The summed E-state index contributed by atoms with van der Waals surface area (Å²) in [6, 6.07) is 10.2. The van der Waals surface area contributed by atoms with Gasteiger partial charge in [-0.25, -0.2) is 4.98 Å². The second kappa shape index (κ2) is 8.00. The normalized spacial score (nSPS) is 10.9. The number of nitrogens with zero attached hydrogens (tertiary/aromatic N) is 1. The van der Waals surface area contributed by atoms with Crippen LogP contribution in [-0.4, -0.2) is 11.6 Å². The molecule has 0 amide bonds. The summed E-state index contributed by atoms with van der Waals surface area (Å²) < 4.78 is 11.9. The van der Waals surface area contributed by atoms with Crippen LogP contribution in [0.2, 0.25) is 0 Å². The summed E-state index contributed by atoms with van der Waals surface area (Å²) in [4.78, 5) is 4.60. The molecular formula is C20H27NO2. The fourth-order valence-electron chi connectivity index (χ4n) is 2.36. The van der Waals surface area contributed by atoms with Crippen molar-refractivity contribution in [1.82, 2.24) is 4.98 Å². The van der Waals surface area contributed by atoms with Gasteiger partial charge in [0.2, 0.25) is 5.88 Å². The van der Waals surface area contributed by atoms with Gasteiger partial charge in [0.25, 0.3) is 0 Å². The number of rotatable bonds is 7. The summed E-state index contributed by atoms with van der Waals surface area (Å²) in [6.45, 7) is 11.7. The molecule has 0 atom stereocenters. The highest BCUT2D eigenvalue weighted by atomic mass is 16.5. The van der Waals surface area contributed by atoms with Crippen molar-refractivity contribution in [3.63, 3.8) is 0 Å². The molecule has 0 aliphatic rings. The highest BCUT2D eigenvalue weighted by Crippen LogP contribution is 2.31. The first-order valence-electron chi connectivity index (χ1n) is 8.26. The van der Waals surface area contributed by atoms with Crippen LogP contribution in [0.15, 0.2) is 30.3 Å². The van der Waals surface area contributed by atoms with E-state index in [1.165, 1.54) is 0 Å². The van der Waals surface area contributed by atoms with Crippen molar-refractivity contribution in [3.05, 3.63) is 52.7 Å². The number of pyridine rings is 1. The number of ether oxygens (including phenoxy) is 2. The van der Waals surface area contributed by atoms with Crippen molar-refractivity contribution in [1.29, 1.82) is 0 Å². The summed E-state index contributed by atoms with van der Waals surface area (Å²) in [7, 11) is 0. The minimum Gasteiger partial charge on any atom is -0.487 e. The van der Waals surface area contributed by atoms with Gasteiger partial charge in [-0.05, 0) is 38.7 Å². The molecule has 0 radical (unpaired) electrons. The average molecular weight is 313 g/mol. The Hall–Kier alpha value is -2.03. The lowest BCUT2D eigenvalue weighted by Crippen LogP contribution is -2.08. The van der Waals surface area contributed by atoms with Crippen LogP contribution >= 0.6 is 0 Å². The molecule has 0 N–H and O–H groups in total. The zero-order chi connectivity index (χ0) is 16.8. The van der Waals surface area contributed by atoms with Gasteiger partial charge in [-0.2, -0.15) is 0 Å². The SMILES string of the molecule is Cc1nc(OCCC(C)C)c(C)c(C)c1OCc1ccccc1. The van der Waals surface area contributed by atoms with Crippen LogP contribution in [0.1, 0.15) is 42.7 Å². The average Bonchev–Trinajstić information content (AvgIpc) is 2.52. The van der Waals surface area contributed by atoms with Crippen molar-refractivity contribution >= 4 is 0 Å². The molecule has 0 aliphatic carbocycles. The van der Waals surface area contributed by atoms with Crippen LogP contribution in [-0.2, 0) is 6.61 Å². The van der Waals surface area contributed by atoms with Crippen LogP contribution in [0.5, 0.6) is 11.6 Å². The fourth-order valence-corrected chi connectivity index (χ4v) is 2.36. The highest BCUT2D eigenvalue weighted by molar-refractivity contribution is 5.46. The van der Waals surface area contributed by atoms with Gasteiger partial charge in [0.1, 0.15) is 12.4 Å². The van der Waals surface area contributed by atoms with Crippen molar-refractivity contribution in [2.75, 3.05) is 6.61 Å². The zero-order valence-electron chi connectivity index (χ0n) is 14.8. The zero-order valence-corrected chi connectivity index (χ0v) is 14.8. The third kappa shape index (κ3) is 4.72. The summed E-state index contributed by atoms with van der Waals surface area (Å²) >= 11 is 0. The van der Waals surface area contributed by atoms with Gasteiger partial charge in [0, 0.05) is 11.1 Å². The van der Waals surface area contributed by atoms with Crippen molar-refractivity contribution in [3.8, 4) is 11.6 Å². The monoisotopic (exact) mass is 313 g/mol. The second-order valence-electron chi connectivity index (χ2n) is 6.39. The van der Waals surface area contributed by atoms with E-state index in [1.54, 1.807) is 0 Å². The Morgan fingerprint density at radius 1 is 0.957 bits per heavy atom. The highest BCUT2D eigenvalue weighted by Gasteiger charge is 2.14. The van der Waals surface area contributed by atoms with Crippen LogP contribution in [0.25, 0.3) is 0 Å². The number of hydrogen-bond donors (Lipinski definition) is 0. The summed E-state index contributed by atoms with van der Waals surface area (Å²) in [5.41, 5.74) is 4.19. The quantitative estimate of drug-likeness (QED) is 0.720. The molecule has 1 aromatic heterocycles. The lowest BCUT2D eigenvalue weighted by Gasteiger charge is -2.17. The minimum absolute atomic E-state index is 0.553. The summed E-state index contributed by atoms with van der Waals surface area (Å²) in [5.74, 6) is 2.22. The first-order chi connectivity index (χ1) is 11.0. The first-order valence-corrected chi connectivity index (χ1v) is 8.26. The Morgan fingerprint density at radius 2 is 1.65 bits per heavy atom. The molecule has 0 saturated carbocycles. The summed E-state index contributed by atoms with van der Waals surface area (Å²) in [6.07, 6.45) is 1.03. The Balaban J connectivity index is 2.10. The van der Waals surface area contributed by atoms with E-state index in [0.717, 1.165) is 40.4 Å². The number of benzene rings is 1. The predicted octanol–water partition coefficient (Wildman–Crippen LogP) is 5.01. The molecule has 0 saturated heterocycles. The maximum absolute atomic E-state index is 6.01. The second-order valence-corrected chi connectivity index (χ2v) is 6.39. The Kier molecular flexibility index (Phi) is 6.03. The van der Waals surface area contributed by atoms with Gasteiger partial charge in [0.05, 0.1) is 12.3 Å². The van der Waals surface area contributed by atoms with Crippen molar-refractivity contribution in [2.45, 2.75) is 47.6 Å². The number of aryl methyl sites for hydroxylation is 1. The molecule has 1 heterocycles. The molecule has 3 nitrogen and oxygen atoms in total. The molecule has 23 heavy (non-hydrogen) atoms. The van der Waals surface area contributed by atoms with Gasteiger partial charge in [0.15, 0.2) is 0 Å². The molecule has 0 spiro atoms. The lowest BCUT2D eigenvalue weighted by molar-refractivity contribution is 0.271. The van der Waals surface area contributed by atoms with E-state index >= 15 is 0 Å². The smallest absolute Gasteiger partial charge is 0.216 e. The predicted molar refractivity (Wildman–Crippen MR) is 94.2 cm³/mol. The van der Waals surface area contributed by atoms with Crippen molar-refractivity contribution < 1.29 is 9.47 Å². The van der Waals surface area contributed by atoms with E-state index in [2.05, 4.69) is 37.9 Å². The van der Waals surface area contributed by atoms with E-state index in [4.69, 9.17) is 9.47 Å². The Labute approximate surface area is 139 Å². The van der Waals surface area contributed by atoms with Gasteiger partial charge < -0.3 is 9.47 Å². The van der Waals surface area contributed by atoms with E-state index in [9.17, 15) is 0 Å². The van der Waals surface area contributed by atoms with E-state index in [-0.39, 0.29) is 0 Å². The maximum atomic E-state index is 6.01. The molecule has 3 heteroatoms. The maximum Gasteiger partial charge on any atom is 0.216 e. The van der Waals surface area contributed by atoms with Gasteiger partial charge in [-0.3, -0.25) is 0 Å². The molecule has 0 bridgehead atoms. The molecule has 124 valence electrons. The van der Waals surface area contributed by atoms with Crippen LogP contribution in [0.4, 0.5) is 0 Å². The summed E-state index contributed by atoms with van der Waals surface area (Å²) in [5, 5.41) is 0. The molecular weight excluding hydrogens is 286 g/mol. The van der Waals surface area contributed by atoms with E-state index in [0.29, 0.717) is 19.1 Å². The van der Waals surface area contributed by atoms with Gasteiger partial charge >= 0.3 is 0 Å². The molecule has 1 aromatic carbocycles. The number of hydrogen-bond acceptors (Lipinski definition) is 3. The minimum atomic E-state index is 0.553. The largest absolute Gasteiger partial charge is 0.487 e. The standard InChI is InChI=1S/C20H27NO2/c1-14(2)11-12-22-20-16(4)15(3)19(17(5)21-20)23-13-18-9-7-6-8-10-18/h6-10,14H,11-13H2,1-5H3. The van der Waals surface area contributed by atoms with Crippen LogP contribution in [0, 0.1) is 26.7 Å². The molecule has 0 unspecified atom stereocenters. The van der Waals surface area contributed by atoms with Gasteiger partial charge in [-0.1, -0.05) is 44.2 Å². The molecule has 0 aliphatic heterocycles. The first kappa shape index (κ1) is 17.3. The number of aromatic nitrogens is 1. The Bertz CT molecular complexity index is 636. The topological polar surface area (TPSA) is 31.4 Å². The van der Waals surface area contributed by atoms with E-state index in [1.807, 2.05) is 32.0 Å².